The molecule has 0 saturated heterocycles. The molecule has 1 saturated carbocycles. The van der Waals surface area contributed by atoms with Gasteiger partial charge in [0.05, 0.1) is 18.2 Å². The van der Waals surface area contributed by atoms with E-state index in [4.69, 9.17) is 5.73 Å². The topological polar surface area (TPSA) is 41.6 Å². The molecule has 0 spiro atoms. The van der Waals surface area contributed by atoms with Crippen molar-refractivity contribution in [1.82, 2.24) is 4.90 Å². The minimum Gasteiger partial charge on any atom is -0.370 e. The first-order chi connectivity index (χ1) is 8.97. The Kier molecular flexibility index (Phi) is 2.69. The van der Waals surface area contributed by atoms with Crippen molar-refractivity contribution >= 4 is 5.96 Å². The molecule has 3 rings (SSSR count). The highest BCUT2D eigenvalue weighted by Gasteiger charge is 2.39. The number of alkyl halides is 3. The molecule has 1 unspecified atom stereocenters. The number of nitrogens with two attached hydrogens (primary N) is 1. The standard InChI is InChI=1S/C13H14F3N3/c14-13(15,16)9-3-1-2-8(6-9)11-7-18-12(17)19(11)10-4-5-10/h1-3,6,10-11H,4-5,7H2,(H2,17,18). The number of aliphatic imine (C=N–C) groups is 1. The summed E-state index contributed by atoms with van der Waals surface area (Å²) in [6.07, 6.45) is -2.25. The van der Waals surface area contributed by atoms with Gasteiger partial charge in [0.2, 0.25) is 0 Å². The summed E-state index contributed by atoms with van der Waals surface area (Å²) < 4.78 is 38.2. The molecule has 0 aromatic heterocycles. The second-order valence-electron chi connectivity index (χ2n) is 4.98. The molecule has 19 heavy (non-hydrogen) atoms. The summed E-state index contributed by atoms with van der Waals surface area (Å²) >= 11 is 0. The van der Waals surface area contributed by atoms with Crippen LogP contribution in [0.25, 0.3) is 0 Å². The Morgan fingerprint density at radius 3 is 2.63 bits per heavy atom. The highest BCUT2D eigenvalue weighted by molar-refractivity contribution is 5.81. The zero-order valence-electron chi connectivity index (χ0n) is 10.2. The van der Waals surface area contributed by atoms with Crippen LogP contribution in [0.2, 0.25) is 0 Å². The lowest BCUT2D eigenvalue weighted by Crippen LogP contribution is -2.37. The van der Waals surface area contributed by atoms with E-state index < -0.39 is 11.7 Å². The predicted molar refractivity (Wildman–Crippen MR) is 65.5 cm³/mol. The van der Waals surface area contributed by atoms with Crippen LogP contribution in [0.1, 0.15) is 30.0 Å². The van der Waals surface area contributed by atoms with Crippen LogP contribution in [0.5, 0.6) is 0 Å². The molecule has 6 heteroatoms. The number of nitrogens with zero attached hydrogens (tertiary/aromatic N) is 2. The number of rotatable bonds is 2. The van der Waals surface area contributed by atoms with Crippen LogP contribution < -0.4 is 5.73 Å². The zero-order valence-corrected chi connectivity index (χ0v) is 10.2. The molecule has 2 N–H and O–H groups in total. The van der Waals surface area contributed by atoms with Crippen LogP contribution in [-0.2, 0) is 6.18 Å². The van der Waals surface area contributed by atoms with Gasteiger partial charge in [0.1, 0.15) is 0 Å². The van der Waals surface area contributed by atoms with Crippen LogP contribution in [0.4, 0.5) is 13.2 Å². The molecule has 102 valence electrons. The molecule has 1 heterocycles. The molecule has 1 aliphatic carbocycles. The summed E-state index contributed by atoms with van der Waals surface area (Å²) in [4.78, 5) is 6.12. The van der Waals surface area contributed by atoms with Crippen LogP contribution >= 0.6 is 0 Å². The summed E-state index contributed by atoms with van der Waals surface area (Å²) in [7, 11) is 0. The van der Waals surface area contributed by atoms with Gasteiger partial charge in [0, 0.05) is 6.04 Å². The first kappa shape index (κ1) is 12.3. The third-order valence-corrected chi connectivity index (χ3v) is 3.57. The zero-order chi connectivity index (χ0) is 13.6. The van der Waals surface area contributed by atoms with E-state index in [9.17, 15) is 13.2 Å². The smallest absolute Gasteiger partial charge is 0.370 e. The molecular formula is C13H14F3N3. The van der Waals surface area contributed by atoms with Crippen molar-refractivity contribution in [3.05, 3.63) is 35.4 Å². The van der Waals surface area contributed by atoms with Crippen LogP contribution in [-0.4, -0.2) is 23.4 Å². The van der Waals surface area contributed by atoms with E-state index >= 15 is 0 Å². The molecular weight excluding hydrogens is 255 g/mol. The first-order valence-corrected chi connectivity index (χ1v) is 6.22. The van der Waals surface area contributed by atoms with Crippen LogP contribution in [0.15, 0.2) is 29.3 Å². The lowest BCUT2D eigenvalue weighted by Gasteiger charge is -2.26. The predicted octanol–water partition coefficient (Wildman–Crippen LogP) is 2.54. The van der Waals surface area contributed by atoms with E-state index in [-0.39, 0.29) is 6.04 Å². The van der Waals surface area contributed by atoms with Crippen molar-refractivity contribution in [1.29, 1.82) is 0 Å². The van der Waals surface area contributed by atoms with Crippen molar-refractivity contribution in [2.75, 3.05) is 6.54 Å². The minimum absolute atomic E-state index is 0.158. The fourth-order valence-electron chi connectivity index (χ4n) is 2.49. The molecule has 1 fully saturated rings. The largest absolute Gasteiger partial charge is 0.416 e. The normalized spacial score (nSPS) is 23.6. The fourth-order valence-corrected chi connectivity index (χ4v) is 2.49. The molecule has 1 aliphatic heterocycles. The second-order valence-corrected chi connectivity index (χ2v) is 4.98. The quantitative estimate of drug-likeness (QED) is 0.896. The Morgan fingerprint density at radius 1 is 1.26 bits per heavy atom. The first-order valence-electron chi connectivity index (χ1n) is 6.22. The van der Waals surface area contributed by atoms with E-state index in [2.05, 4.69) is 4.99 Å². The highest BCUT2D eigenvalue weighted by atomic mass is 19.4. The molecule has 3 nitrogen and oxygen atoms in total. The number of guanidine groups is 1. The van der Waals surface area contributed by atoms with Gasteiger partial charge in [0.25, 0.3) is 0 Å². The lowest BCUT2D eigenvalue weighted by atomic mass is 10.0. The Labute approximate surface area is 108 Å². The molecule has 1 atom stereocenters. The maximum absolute atomic E-state index is 12.7. The molecule has 1 aromatic rings. The fraction of sp³-hybridized carbons (Fsp3) is 0.462. The van der Waals surface area contributed by atoms with Crippen molar-refractivity contribution < 1.29 is 13.2 Å². The van der Waals surface area contributed by atoms with Crippen molar-refractivity contribution in [3.63, 3.8) is 0 Å². The summed E-state index contributed by atoms with van der Waals surface area (Å²) in [5.41, 5.74) is 5.84. The Bertz CT molecular complexity index is 520. The van der Waals surface area contributed by atoms with Gasteiger partial charge < -0.3 is 10.6 Å². The molecule has 0 amide bonds. The summed E-state index contributed by atoms with van der Waals surface area (Å²) in [6, 6.07) is 5.63. The molecule has 0 radical (unpaired) electrons. The monoisotopic (exact) mass is 269 g/mol. The van der Waals surface area contributed by atoms with Crippen molar-refractivity contribution in [3.8, 4) is 0 Å². The second kappa shape index (κ2) is 4.15. The van der Waals surface area contributed by atoms with Gasteiger partial charge in [0.15, 0.2) is 5.96 Å². The SMILES string of the molecule is NC1=NCC(c2cccc(C(F)(F)F)c2)N1C1CC1. The average molecular weight is 269 g/mol. The average Bonchev–Trinajstić information content (AvgIpc) is 3.12. The number of halogens is 3. The highest BCUT2D eigenvalue weighted by Crippen LogP contribution is 2.38. The Morgan fingerprint density at radius 2 is 2.00 bits per heavy atom. The van der Waals surface area contributed by atoms with E-state index in [0.717, 1.165) is 18.9 Å². The minimum atomic E-state index is -4.31. The van der Waals surface area contributed by atoms with Crippen LogP contribution in [0.3, 0.4) is 0 Å². The van der Waals surface area contributed by atoms with Crippen molar-refractivity contribution in [2.24, 2.45) is 10.7 Å². The maximum Gasteiger partial charge on any atom is 0.416 e. The Balaban J connectivity index is 1.90. The van der Waals surface area contributed by atoms with E-state index in [0.29, 0.717) is 24.1 Å². The maximum atomic E-state index is 12.7. The van der Waals surface area contributed by atoms with Gasteiger partial charge >= 0.3 is 6.18 Å². The molecule has 1 aromatic carbocycles. The van der Waals surface area contributed by atoms with E-state index in [1.165, 1.54) is 12.1 Å². The van der Waals surface area contributed by atoms with Gasteiger partial charge in [-0.05, 0) is 30.5 Å². The number of hydrogen-bond acceptors (Lipinski definition) is 3. The van der Waals surface area contributed by atoms with Gasteiger partial charge in [-0.2, -0.15) is 13.2 Å². The molecule has 0 bridgehead atoms. The summed E-state index contributed by atoms with van der Waals surface area (Å²) in [5, 5.41) is 0. The van der Waals surface area contributed by atoms with Gasteiger partial charge in [-0.1, -0.05) is 12.1 Å². The Hall–Kier alpha value is -1.72. The van der Waals surface area contributed by atoms with Gasteiger partial charge in [-0.25, -0.2) is 0 Å². The lowest BCUT2D eigenvalue weighted by molar-refractivity contribution is -0.137. The third kappa shape index (κ3) is 2.27. The van der Waals surface area contributed by atoms with Crippen molar-refractivity contribution in [2.45, 2.75) is 31.1 Å². The van der Waals surface area contributed by atoms with Crippen LogP contribution in [0, 0.1) is 0 Å². The summed E-state index contributed by atoms with van der Waals surface area (Å²) in [5.74, 6) is 0.449. The number of hydrogen-bond donors (Lipinski definition) is 1. The molecule has 2 aliphatic rings. The van der Waals surface area contributed by atoms with Gasteiger partial charge in [-0.15, -0.1) is 0 Å². The summed E-state index contributed by atoms with van der Waals surface area (Å²) in [6.45, 7) is 0.434. The third-order valence-electron chi connectivity index (χ3n) is 3.57. The van der Waals surface area contributed by atoms with Gasteiger partial charge in [-0.3, -0.25) is 4.99 Å². The number of benzene rings is 1. The van der Waals surface area contributed by atoms with E-state index in [1.807, 2.05) is 4.90 Å². The van der Waals surface area contributed by atoms with E-state index in [1.54, 1.807) is 6.07 Å².